The average molecular weight is 522 g/mol. The van der Waals surface area contributed by atoms with E-state index in [1.807, 2.05) is 32.0 Å². The Morgan fingerprint density at radius 2 is 1.97 bits per heavy atom. The van der Waals surface area contributed by atoms with Gasteiger partial charge in [-0.15, -0.1) is 0 Å². The topological polar surface area (TPSA) is 113 Å². The fourth-order valence-corrected chi connectivity index (χ4v) is 5.26. The molecule has 1 aromatic heterocycles. The number of nitrogens with zero attached hydrogens (tertiary/aromatic N) is 3. The number of rotatable bonds is 7. The molecular weight excluding hydrogens is 494 g/mol. The normalized spacial score (nSPS) is 15.4. The van der Waals surface area contributed by atoms with E-state index in [0.717, 1.165) is 11.3 Å². The Balaban J connectivity index is 1.98. The Kier molecular flexibility index (Phi) is 7.40. The van der Waals surface area contributed by atoms with Crippen LogP contribution in [0.3, 0.4) is 0 Å². The van der Waals surface area contributed by atoms with Gasteiger partial charge in [-0.2, -0.15) is 0 Å². The van der Waals surface area contributed by atoms with Gasteiger partial charge in [-0.05, 0) is 52.3 Å². The van der Waals surface area contributed by atoms with Gasteiger partial charge in [0.05, 0.1) is 33.4 Å². The highest BCUT2D eigenvalue weighted by Gasteiger charge is 2.35. The molecule has 1 atom stereocenters. The van der Waals surface area contributed by atoms with Gasteiger partial charge in [0.1, 0.15) is 11.8 Å². The van der Waals surface area contributed by atoms with Crippen LogP contribution in [0.5, 0.6) is 5.75 Å². The van der Waals surface area contributed by atoms with Gasteiger partial charge in [-0.25, -0.2) is 9.79 Å². The molecule has 0 fully saturated rings. The number of hydrogen-bond acceptors (Lipinski definition) is 8. The molecule has 4 rings (SSSR count). The van der Waals surface area contributed by atoms with Crippen LogP contribution in [-0.2, 0) is 9.53 Å². The molecule has 10 heteroatoms. The molecule has 37 heavy (non-hydrogen) atoms. The van der Waals surface area contributed by atoms with Crippen LogP contribution in [0.4, 0.5) is 5.69 Å². The Morgan fingerprint density at radius 1 is 1.24 bits per heavy atom. The van der Waals surface area contributed by atoms with Crippen LogP contribution in [-0.4, -0.2) is 28.2 Å². The van der Waals surface area contributed by atoms with Crippen LogP contribution in [0.2, 0.25) is 0 Å². The second-order valence-corrected chi connectivity index (χ2v) is 9.82. The van der Waals surface area contributed by atoms with Gasteiger partial charge in [0.25, 0.3) is 11.2 Å². The smallest absolute Gasteiger partial charge is 0.338 e. The summed E-state index contributed by atoms with van der Waals surface area (Å²) in [6.07, 6.45) is 1.47. The van der Waals surface area contributed by atoms with E-state index in [1.54, 1.807) is 45.0 Å². The van der Waals surface area contributed by atoms with Crippen molar-refractivity contribution in [2.24, 2.45) is 4.99 Å². The summed E-state index contributed by atoms with van der Waals surface area (Å²) < 4.78 is 13.2. The largest absolute Gasteiger partial charge is 0.491 e. The number of hydrogen-bond donors (Lipinski definition) is 0. The van der Waals surface area contributed by atoms with E-state index < -0.39 is 16.9 Å². The third-order valence-electron chi connectivity index (χ3n) is 5.82. The number of benzene rings is 2. The van der Waals surface area contributed by atoms with Crippen molar-refractivity contribution in [2.75, 3.05) is 6.61 Å². The molecule has 2 aromatic carbocycles. The molecular formula is C27H27N3O6S. The standard InChI is InChI=1S/C27H27N3O6S/c1-6-35-26(32)23-17(5)28-27-29(24(23)19-9-7-8-10-21(19)36-15(2)3)25(31)22(37-27)14-18-12-11-16(4)20(13-18)30(33)34/h7-15,24H,6H2,1-5H3/b22-14+/t24-/m0/s1. The number of nitro benzene ring substituents is 1. The number of aryl methyl sites for hydroxylation is 1. The van der Waals surface area contributed by atoms with Crippen LogP contribution >= 0.6 is 11.3 Å². The minimum absolute atomic E-state index is 0.0281. The third kappa shape index (κ3) is 5.10. The van der Waals surface area contributed by atoms with E-state index in [1.165, 1.54) is 10.6 Å². The fourth-order valence-electron chi connectivity index (χ4n) is 4.22. The molecule has 9 nitrogen and oxygen atoms in total. The molecule has 0 aliphatic carbocycles. The molecule has 1 aliphatic rings. The molecule has 0 unspecified atom stereocenters. The second kappa shape index (κ2) is 10.5. The van der Waals surface area contributed by atoms with Gasteiger partial charge < -0.3 is 9.47 Å². The Morgan fingerprint density at radius 3 is 2.65 bits per heavy atom. The lowest BCUT2D eigenvalue weighted by atomic mass is 9.95. The van der Waals surface area contributed by atoms with E-state index in [2.05, 4.69) is 4.99 Å². The van der Waals surface area contributed by atoms with Crippen molar-refractivity contribution >= 4 is 29.1 Å². The number of allylic oxidation sites excluding steroid dienone is 1. The molecule has 0 N–H and O–H groups in total. The number of fused-ring (bicyclic) bond motifs is 1. The molecule has 0 bridgehead atoms. The number of thiazole rings is 1. The summed E-state index contributed by atoms with van der Waals surface area (Å²) in [6.45, 7) is 9.06. The summed E-state index contributed by atoms with van der Waals surface area (Å²) in [5.74, 6) is -0.0146. The van der Waals surface area contributed by atoms with Gasteiger partial charge >= 0.3 is 5.97 Å². The molecule has 1 aliphatic heterocycles. The zero-order valence-electron chi connectivity index (χ0n) is 21.2. The van der Waals surface area contributed by atoms with Crippen LogP contribution in [0.25, 0.3) is 6.08 Å². The van der Waals surface area contributed by atoms with Crippen molar-refractivity contribution in [1.29, 1.82) is 0 Å². The highest BCUT2D eigenvalue weighted by atomic mass is 32.1. The van der Waals surface area contributed by atoms with Gasteiger partial charge in [0, 0.05) is 17.2 Å². The maximum absolute atomic E-state index is 13.8. The molecule has 192 valence electrons. The second-order valence-electron chi connectivity index (χ2n) is 8.81. The van der Waals surface area contributed by atoms with E-state index in [0.29, 0.717) is 37.5 Å². The fraction of sp³-hybridized carbons (Fsp3) is 0.296. The van der Waals surface area contributed by atoms with Crippen LogP contribution in [0, 0.1) is 17.0 Å². The van der Waals surface area contributed by atoms with Crippen LogP contribution < -0.4 is 19.6 Å². The first-order valence-electron chi connectivity index (χ1n) is 11.8. The number of ether oxygens (including phenoxy) is 2. The van der Waals surface area contributed by atoms with Crippen molar-refractivity contribution in [3.8, 4) is 5.75 Å². The Bertz CT molecular complexity index is 1600. The minimum Gasteiger partial charge on any atom is -0.491 e. The Hall–Kier alpha value is -4.05. The van der Waals surface area contributed by atoms with Crippen molar-refractivity contribution in [3.05, 3.63) is 100 Å². The maximum Gasteiger partial charge on any atom is 0.338 e. The van der Waals surface area contributed by atoms with E-state index >= 15 is 0 Å². The van der Waals surface area contributed by atoms with Crippen molar-refractivity contribution in [1.82, 2.24) is 4.57 Å². The van der Waals surface area contributed by atoms with Crippen molar-refractivity contribution in [3.63, 3.8) is 0 Å². The summed E-state index contributed by atoms with van der Waals surface area (Å²) >= 11 is 1.16. The zero-order chi connectivity index (χ0) is 26.9. The molecule has 0 radical (unpaired) electrons. The molecule has 2 heterocycles. The number of nitro groups is 1. The summed E-state index contributed by atoms with van der Waals surface area (Å²) in [7, 11) is 0. The molecule has 0 saturated heterocycles. The first kappa shape index (κ1) is 26.0. The number of carbonyl (C=O) groups excluding carboxylic acids is 1. The predicted molar refractivity (Wildman–Crippen MR) is 140 cm³/mol. The van der Waals surface area contributed by atoms with Crippen molar-refractivity contribution < 1.29 is 19.2 Å². The maximum atomic E-state index is 13.8. The molecule has 0 spiro atoms. The zero-order valence-corrected chi connectivity index (χ0v) is 22.0. The number of aromatic nitrogens is 1. The van der Waals surface area contributed by atoms with Crippen LogP contribution in [0.1, 0.15) is 50.4 Å². The lowest BCUT2D eigenvalue weighted by Gasteiger charge is -2.26. The lowest BCUT2D eigenvalue weighted by Crippen LogP contribution is -2.40. The summed E-state index contributed by atoms with van der Waals surface area (Å²) in [6, 6.07) is 11.3. The number of esters is 1. The quantitative estimate of drug-likeness (QED) is 0.266. The summed E-state index contributed by atoms with van der Waals surface area (Å²) in [5.41, 5.74) is 1.98. The monoisotopic (exact) mass is 521 g/mol. The first-order chi connectivity index (χ1) is 17.6. The van der Waals surface area contributed by atoms with Crippen LogP contribution in [0.15, 0.2) is 63.5 Å². The predicted octanol–water partition coefficient (Wildman–Crippen LogP) is 3.80. The van der Waals surface area contributed by atoms with E-state index in [4.69, 9.17) is 9.47 Å². The SMILES string of the molecule is CCOC(=O)C1=C(C)N=c2s/c(=C/c3ccc(C)c([N+](=O)[O-])c3)c(=O)n2[C@H]1c1ccccc1OC(C)C. The van der Waals surface area contributed by atoms with Gasteiger partial charge in [0.15, 0.2) is 4.80 Å². The van der Waals surface area contributed by atoms with E-state index in [9.17, 15) is 19.7 Å². The lowest BCUT2D eigenvalue weighted by molar-refractivity contribution is -0.385. The van der Waals surface area contributed by atoms with E-state index in [-0.39, 0.29) is 29.5 Å². The highest BCUT2D eigenvalue weighted by molar-refractivity contribution is 7.07. The highest BCUT2D eigenvalue weighted by Crippen LogP contribution is 2.36. The first-order valence-corrected chi connectivity index (χ1v) is 12.6. The number of carbonyl (C=O) groups is 1. The molecule has 0 amide bonds. The minimum atomic E-state index is -0.820. The van der Waals surface area contributed by atoms with Crippen molar-refractivity contribution in [2.45, 2.75) is 46.8 Å². The summed E-state index contributed by atoms with van der Waals surface area (Å²) in [5, 5.41) is 11.4. The third-order valence-corrected chi connectivity index (χ3v) is 6.80. The van der Waals surface area contributed by atoms with Gasteiger partial charge in [-0.3, -0.25) is 19.5 Å². The van der Waals surface area contributed by atoms with Gasteiger partial charge in [-0.1, -0.05) is 41.7 Å². The summed E-state index contributed by atoms with van der Waals surface area (Å²) in [4.78, 5) is 42.8. The molecule has 3 aromatic rings. The number of para-hydroxylation sites is 1. The molecule has 0 saturated carbocycles. The Labute approximate surface area is 217 Å². The van der Waals surface area contributed by atoms with Gasteiger partial charge in [0.2, 0.25) is 0 Å². The average Bonchev–Trinajstić information content (AvgIpc) is 3.13.